The predicted molar refractivity (Wildman–Crippen MR) is 101 cm³/mol. The molecule has 1 aromatic rings. The summed E-state index contributed by atoms with van der Waals surface area (Å²) in [5.74, 6) is -0.301. The van der Waals surface area contributed by atoms with Crippen LogP contribution in [0.5, 0.6) is 0 Å². The van der Waals surface area contributed by atoms with E-state index < -0.39 is 5.97 Å². The zero-order valence-electron chi connectivity index (χ0n) is 15.1. The van der Waals surface area contributed by atoms with Crippen molar-refractivity contribution < 1.29 is 14.3 Å². The van der Waals surface area contributed by atoms with Crippen molar-refractivity contribution in [3.8, 4) is 0 Å². The predicted octanol–water partition coefficient (Wildman–Crippen LogP) is 2.98. The third kappa shape index (κ3) is 3.99. The molecule has 25 heavy (non-hydrogen) atoms. The number of anilines is 1. The molecule has 0 radical (unpaired) electrons. The normalized spacial score (nSPS) is 21.4. The standard InChI is InChI=1S/C17H25N3O3S.ClH/c1-16(2,3)12-11(14(22)23-4)24-15(19-12)20-13(21)10-9-17(10)5-7-18-8-6-17;/h10,18H,5-9H2,1-4H3,(H,19,20,21);1H. The van der Waals surface area contributed by atoms with Crippen LogP contribution in [0.1, 0.15) is 55.4 Å². The van der Waals surface area contributed by atoms with Gasteiger partial charge >= 0.3 is 5.97 Å². The molecule has 3 rings (SSSR count). The van der Waals surface area contributed by atoms with Gasteiger partial charge in [0.2, 0.25) is 5.91 Å². The number of ether oxygens (including phenoxy) is 1. The molecule has 1 atom stereocenters. The number of hydrogen-bond acceptors (Lipinski definition) is 6. The number of amides is 1. The summed E-state index contributed by atoms with van der Waals surface area (Å²) in [4.78, 5) is 29.5. The third-order valence-corrected chi connectivity index (χ3v) is 5.99. The molecule has 2 fully saturated rings. The number of carbonyl (C=O) groups excluding carboxylic acids is 2. The Bertz CT molecular complexity index is 663. The van der Waals surface area contributed by atoms with Crippen molar-refractivity contribution >= 4 is 40.8 Å². The second kappa shape index (κ2) is 7.21. The van der Waals surface area contributed by atoms with Crippen molar-refractivity contribution in [2.45, 2.75) is 45.4 Å². The van der Waals surface area contributed by atoms with Gasteiger partial charge in [-0.3, -0.25) is 4.79 Å². The Labute approximate surface area is 158 Å². The fourth-order valence-electron chi connectivity index (χ4n) is 3.50. The van der Waals surface area contributed by atoms with Crippen molar-refractivity contribution in [1.29, 1.82) is 0 Å². The average molecular weight is 388 g/mol. The minimum Gasteiger partial charge on any atom is -0.465 e. The number of methoxy groups -OCH3 is 1. The second-order valence-corrected chi connectivity index (χ2v) is 8.80. The Morgan fingerprint density at radius 1 is 1.32 bits per heavy atom. The Kier molecular flexibility index (Phi) is 5.81. The van der Waals surface area contributed by atoms with Crippen LogP contribution in [0.25, 0.3) is 0 Å². The van der Waals surface area contributed by atoms with Gasteiger partial charge in [-0.25, -0.2) is 9.78 Å². The highest BCUT2D eigenvalue weighted by molar-refractivity contribution is 7.17. The molecule has 1 aliphatic heterocycles. The summed E-state index contributed by atoms with van der Waals surface area (Å²) in [6, 6.07) is 0. The first-order chi connectivity index (χ1) is 11.3. The van der Waals surface area contributed by atoms with Crippen LogP contribution in [0.15, 0.2) is 0 Å². The zero-order chi connectivity index (χ0) is 17.5. The molecule has 1 unspecified atom stereocenters. The number of piperidine rings is 1. The van der Waals surface area contributed by atoms with Crippen LogP contribution < -0.4 is 10.6 Å². The first-order valence-electron chi connectivity index (χ1n) is 8.38. The quantitative estimate of drug-likeness (QED) is 0.779. The van der Waals surface area contributed by atoms with Gasteiger partial charge in [0, 0.05) is 11.3 Å². The van der Waals surface area contributed by atoms with E-state index in [4.69, 9.17) is 4.74 Å². The van der Waals surface area contributed by atoms with Crippen molar-refractivity contribution in [2.24, 2.45) is 11.3 Å². The van der Waals surface area contributed by atoms with Crippen molar-refractivity contribution in [2.75, 3.05) is 25.5 Å². The van der Waals surface area contributed by atoms with Gasteiger partial charge in [-0.2, -0.15) is 0 Å². The van der Waals surface area contributed by atoms with Gasteiger partial charge in [0.1, 0.15) is 4.88 Å². The van der Waals surface area contributed by atoms with Gasteiger partial charge in [-0.15, -0.1) is 12.4 Å². The molecule has 1 aliphatic carbocycles. The number of rotatable bonds is 3. The van der Waals surface area contributed by atoms with Gasteiger partial charge < -0.3 is 15.4 Å². The van der Waals surface area contributed by atoms with Gasteiger partial charge in [0.05, 0.1) is 12.8 Å². The van der Waals surface area contributed by atoms with Crippen molar-refractivity contribution in [3.63, 3.8) is 0 Å². The zero-order valence-corrected chi connectivity index (χ0v) is 16.7. The summed E-state index contributed by atoms with van der Waals surface area (Å²) in [7, 11) is 1.36. The van der Waals surface area contributed by atoms with Crippen LogP contribution in [0, 0.1) is 11.3 Å². The van der Waals surface area contributed by atoms with Crippen LogP contribution in [0.2, 0.25) is 0 Å². The maximum atomic E-state index is 12.6. The number of carbonyl (C=O) groups is 2. The number of thiazole rings is 1. The smallest absolute Gasteiger partial charge is 0.350 e. The van der Waals surface area contributed by atoms with E-state index in [0.29, 0.717) is 15.7 Å². The lowest BCUT2D eigenvalue weighted by Crippen LogP contribution is -2.31. The van der Waals surface area contributed by atoms with E-state index in [1.807, 2.05) is 20.8 Å². The van der Waals surface area contributed by atoms with Gasteiger partial charge in [-0.05, 0) is 37.8 Å². The number of halogens is 1. The molecule has 140 valence electrons. The fourth-order valence-corrected chi connectivity index (χ4v) is 4.60. The SMILES string of the molecule is COC(=O)c1sc(NC(=O)C2CC23CCNCC3)nc1C(C)(C)C.Cl. The molecule has 6 nitrogen and oxygen atoms in total. The maximum absolute atomic E-state index is 12.6. The van der Waals surface area contributed by atoms with E-state index in [1.54, 1.807) is 0 Å². The molecule has 2 heterocycles. The first-order valence-corrected chi connectivity index (χ1v) is 9.20. The van der Waals surface area contributed by atoms with Crippen LogP contribution in [-0.2, 0) is 14.9 Å². The molecule has 2 N–H and O–H groups in total. The molecule has 1 saturated carbocycles. The highest BCUT2D eigenvalue weighted by Crippen LogP contribution is 2.58. The average Bonchev–Trinajstić information content (AvgIpc) is 3.04. The summed E-state index contributed by atoms with van der Waals surface area (Å²) >= 11 is 1.20. The molecule has 1 saturated heterocycles. The number of nitrogens with zero attached hydrogens (tertiary/aromatic N) is 1. The third-order valence-electron chi connectivity index (χ3n) is 5.04. The van der Waals surface area contributed by atoms with E-state index in [9.17, 15) is 9.59 Å². The van der Waals surface area contributed by atoms with Crippen molar-refractivity contribution in [1.82, 2.24) is 10.3 Å². The number of aromatic nitrogens is 1. The number of nitrogens with one attached hydrogen (secondary N) is 2. The summed E-state index contributed by atoms with van der Waals surface area (Å²) in [6.45, 7) is 7.95. The minimum absolute atomic E-state index is 0. The van der Waals surface area contributed by atoms with Crippen molar-refractivity contribution in [3.05, 3.63) is 10.6 Å². The summed E-state index contributed by atoms with van der Waals surface area (Å²) in [5.41, 5.74) is 0.561. The van der Waals surface area contributed by atoms with E-state index in [-0.39, 0.29) is 35.1 Å². The molecule has 1 spiro atoms. The monoisotopic (exact) mass is 387 g/mol. The molecular formula is C17H26ClN3O3S. The Hall–Kier alpha value is -1.18. The van der Waals surface area contributed by atoms with E-state index in [1.165, 1.54) is 18.4 Å². The molecular weight excluding hydrogens is 362 g/mol. The molecule has 8 heteroatoms. The lowest BCUT2D eigenvalue weighted by molar-refractivity contribution is -0.118. The molecule has 1 aromatic heterocycles. The van der Waals surface area contributed by atoms with Gasteiger partial charge in [0.15, 0.2) is 5.13 Å². The lowest BCUT2D eigenvalue weighted by atomic mass is 9.91. The topological polar surface area (TPSA) is 80.3 Å². The molecule has 0 aromatic carbocycles. The minimum atomic E-state index is -0.404. The summed E-state index contributed by atoms with van der Waals surface area (Å²) in [6.07, 6.45) is 3.08. The Morgan fingerprint density at radius 2 is 1.96 bits per heavy atom. The van der Waals surface area contributed by atoms with E-state index >= 15 is 0 Å². The van der Waals surface area contributed by atoms with Crippen LogP contribution >= 0.6 is 23.7 Å². The Morgan fingerprint density at radius 3 is 2.52 bits per heavy atom. The van der Waals surface area contributed by atoms with Crippen LogP contribution in [0.4, 0.5) is 5.13 Å². The Balaban J connectivity index is 0.00000225. The molecule has 1 amide bonds. The van der Waals surface area contributed by atoms with E-state index in [2.05, 4.69) is 15.6 Å². The second-order valence-electron chi connectivity index (χ2n) is 7.80. The molecule has 0 bridgehead atoms. The number of hydrogen-bond donors (Lipinski definition) is 2. The van der Waals surface area contributed by atoms with Crippen LogP contribution in [0.3, 0.4) is 0 Å². The van der Waals surface area contributed by atoms with Crippen LogP contribution in [-0.4, -0.2) is 37.1 Å². The summed E-state index contributed by atoms with van der Waals surface area (Å²) < 4.78 is 4.85. The van der Waals surface area contributed by atoms with Gasteiger partial charge in [-0.1, -0.05) is 32.1 Å². The van der Waals surface area contributed by atoms with E-state index in [0.717, 1.165) is 32.4 Å². The lowest BCUT2D eigenvalue weighted by Gasteiger charge is -2.23. The first kappa shape index (κ1) is 20.1. The highest BCUT2D eigenvalue weighted by Gasteiger charge is 2.57. The fraction of sp³-hybridized carbons (Fsp3) is 0.706. The maximum Gasteiger partial charge on any atom is 0.350 e. The highest BCUT2D eigenvalue weighted by atomic mass is 35.5. The molecule has 2 aliphatic rings. The van der Waals surface area contributed by atoms with Gasteiger partial charge in [0.25, 0.3) is 0 Å². The largest absolute Gasteiger partial charge is 0.465 e. The number of esters is 1. The summed E-state index contributed by atoms with van der Waals surface area (Å²) in [5, 5.41) is 6.76.